The first kappa shape index (κ1) is 14.5. The Balaban J connectivity index is 1.67. The molecule has 1 fully saturated rings. The van der Waals surface area contributed by atoms with Crippen molar-refractivity contribution in [3.05, 3.63) is 45.4 Å². The van der Waals surface area contributed by atoms with Gasteiger partial charge in [0, 0.05) is 47.8 Å². The molecule has 0 N–H and O–H groups in total. The summed E-state index contributed by atoms with van der Waals surface area (Å²) in [7, 11) is 0. The van der Waals surface area contributed by atoms with Crippen LogP contribution in [0.5, 0.6) is 0 Å². The number of nitrogens with zero attached hydrogens (tertiary/aromatic N) is 3. The van der Waals surface area contributed by atoms with Crippen molar-refractivity contribution in [1.29, 1.82) is 0 Å². The van der Waals surface area contributed by atoms with Gasteiger partial charge in [0.25, 0.3) is 5.91 Å². The topological polar surface area (TPSA) is 36.4 Å². The zero-order valence-electron chi connectivity index (χ0n) is 11.8. The quantitative estimate of drug-likeness (QED) is 0.819. The molecule has 0 radical (unpaired) electrons. The summed E-state index contributed by atoms with van der Waals surface area (Å²) in [6, 6.07) is 5.85. The van der Waals surface area contributed by atoms with Crippen LogP contribution in [0.1, 0.15) is 15.9 Å². The number of halogens is 1. The van der Waals surface area contributed by atoms with E-state index in [-0.39, 0.29) is 5.91 Å². The van der Waals surface area contributed by atoms with Crippen LogP contribution in [0.4, 0.5) is 5.13 Å². The minimum absolute atomic E-state index is 0.109. The summed E-state index contributed by atoms with van der Waals surface area (Å²) in [4.78, 5) is 21.1. The van der Waals surface area contributed by atoms with E-state index in [0.29, 0.717) is 0 Å². The maximum Gasteiger partial charge on any atom is 0.254 e. The standard InChI is InChI=1S/C15H16BrN3OS/c1-11-8-12(10-13(16)9-11)14(20)18-3-5-19(6-4-18)15-17-2-7-21-15/h2,7-10H,3-6H2,1H3. The number of thiazole rings is 1. The Hall–Kier alpha value is -1.40. The second kappa shape index (κ2) is 6.15. The fraction of sp³-hybridized carbons (Fsp3) is 0.333. The molecule has 1 aromatic carbocycles. The van der Waals surface area contributed by atoms with Gasteiger partial charge >= 0.3 is 0 Å². The van der Waals surface area contributed by atoms with Gasteiger partial charge in [0.15, 0.2) is 5.13 Å². The van der Waals surface area contributed by atoms with E-state index in [2.05, 4.69) is 25.8 Å². The molecule has 1 amide bonds. The third-order valence-corrected chi connectivity index (χ3v) is 4.84. The number of benzene rings is 1. The molecule has 110 valence electrons. The highest BCUT2D eigenvalue weighted by Crippen LogP contribution is 2.21. The van der Waals surface area contributed by atoms with Gasteiger partial charge in [0.2, 0.25) is 0 Å². The summed E-state index contributed by atoms with van der Waals surface area (Å²) in [5.74, 6) is 0.109. The van der Waals surface area contributed by atoms with Crippen molar-refractivity contribution in [2.45, 2.75) is 6.92 Å². The van der Waals surface area contributed by atoms with Crippen molar-refractivity contribution in [2.75, 3.05) is 31.1 Å². The highest BCUT2D eigenvalue weighted by molar-refractivity contribution is 9.10. The number of rotatable bonds is 2. The van der Waals surface area contributed by atoms with E-state index in [1.807, 2.05) is 41.6 Å². The largest absolute Gasteiger partial charge is 0.345 e. The summed E-state index contributed by atoms with van der Waals surface area (Å²) in [5.41, 5.74) is 1.85. The van der Waals surface area contributed by atoms with Crippen LogP contribution in [0.25, 0.3) is 0 Å². The van der Waals surface area contributed by atoms with Gasteiger partial charge in [-0.25, -0.2) is 4.98 Å². The molecular weight excluding hydrogens is 350 g/mol. The number of hydrogen-bond donors (Lipinski definition) is 0. The van der Waals surface area contributed by atoms with Crippen molar-refractivity contribution in [3.8, 4) is 0 Å². The van der Waals surface area contributed by atoms with Crippen LogP contribution < -0.4 is 4.90 Å². The number of carbonyl (C=O) groups is 1. The molecule has 6 heteroatoms. The first-order valence-electron chi connectivity index (χ1n) is 6.84. The molecule has 1 aromatic heterocycles. The molecule has 4 nitrogen and oxygen atoms in total. The molecule has 2 heterocycles. The highest BCUT2D eigenvalue weighted by Gasteiger charge is 2.23. The SMILES string of the molecule is Cc1cc(Br)cc(C(=O)N2CCN(c3nccs3)CC2)c1. The molecule has 1 aliphatic rings. The number of amides is 1. The van der Waals surface area contributed by atoms with E-state index in [9.17, 15) is 4.79 Å². The number of aryl methyl sites for hydroxylation is 1. The zero-order chi connectivity index (χ0) is 14.8. The van der Waals surface area contributed by atoms with E-state index in [0.717, 1.165) is 46.9 Å². The van der Waals surface area contributed by atoms with Gasteiger partial charge in [-0.2, -0.15) is 0 Å². The molecule has 1 saturated heterocycles. The van der Waals surface area contributed by atoms with Crippen LogP contribution in [0.3, 0.4) is 0 Å². The molecule has 0 unspecified atom stereocenters. The monoisotopic (exact) mass is 365 g/mol. The second-order valence-corrected chi connectivity index (χ2v) is 6.90. The van der Waals surface area contributed by atoms with E-state index < -0.39 is 0 Å². The van der Waals surface area contributed by atoms with Crippen molar-refractivity contribution in [3.63, 3.8) is 0 Å². The fourth-order valence-corrected chi connectivity index (χ4v) is 3.82. The molecule has 0 bridgehead atoms. The predicted octanol–water partition coefficient (Wildman–Crippen LogP) is 3.18. The van der Waals surface area contributed by atoms with Crippen molar-refractivity contribution < 1.29 is 4.79 Å². The first-order chi connectivity index (χ1) is 10.1. The number of anilines is 1. The van der Waals surface area contributed by atoms with Gasteiger partial charge in [-0.1, -0.05) is 15.9 Å². The van der Waals surface area contributed by atoms with Crippen LogP contribution >= 0.6 is 27.3 Å². The van der Waals surface area contributed by atoms with Crippen LogP contribution in [0.15, 0.2) is 34.2 Å². The normalized spacial score (nSPS) is 15.3. The zero-order valence-corrected chi connectivity index (χ0v) is 14.2. The van der Waals surface area contributed by atoms with Crippen LogP contribution in [0.2, 0.25) is 0 Å². The molecule has 2 aromatic rings. The minimum atomic E-state index is 0.109. The van der Waals surface area contributed by atoms with Crippen molar-refractivity contribution in [2.24, 2.45) is 0 Å². The maximum atomic E-state index is 12.6. The highest BCUT2D eigenvalue weighted by atomic mass is 79.9. The Labute approximate surface area is 136 Å². The fourth-order valence-electron chi connectivity index (χ4n) is 2.52. The Morgan fingerprint density at radius 2 is 2.00 bits per heavy atom. The van der Waals surface area contributed by atoms with Gasteiger partial charge < -0.3 is 9.80 Å². The molecule has 21 heavy (non-hydrogen) atoms. The Kier molecular flexibility index (Phi) is 4.26. The Bertz CT molecular complexity index is 616. The first-order valence-corrected chi connectivity index (χ1v) is 8.51. The summed E-state index contributed by atoms with van der Waals surface area (Å²) < 4.78 is 0.951. The molecule has 0 saturated carbocycles. The van der Waals surface area contributed by atoms with Gasteiger partial charge in [-0.05, 0) is 30.7 Å². The number of aromatic nitrogens is 1. The third-order valence-electron chi connectivity index (χ3n) is 3.55. The van der Waals surface area contributed by atoms with Gasteiger partial charge in [-0.15, -0.1) is 11.3 Å². The summed E-state index contributed by atoms with van der Waals surface area (Å²) >= 11 is 5.10. The van der Waals surface area contributed by atoms with Gasteiger partial charge in [0.05, 0.1) is 0 Å². The lowest BCUT2D eigenvalue weighted by Crippen LogP contribution is -2.48. The number of carbonyl (C=O) groups excluding carboxylic acids is 1. The van der Waals surface area contributed by atoms with E-state index in [1.165, 1.54) is 0 Å². The lowest BCUT2D eigenvalue weighted by molar-refractivity contribution is 0.0746. The molecule has 3 rings (SSSR count). The summed E-state index contributed by atoms with van der Waals surface area (Å²) in [5, 5.41) is 3.03. The van der Waals surface area contributed by atoms with E-state index in [1.54, 1.807) is 11.3 Å². The molecule has 1 aliphatic heterocycles. The predicted molar refractivity (Wildman–Crippen MR) is 89.1 cm³/mol. The van der Waals surface area contributed by atoms with Gasteiger partial charge in [-0.3, -0.25) is 4.79 Å². The summed E-state index contributed by atoms with van der Waals surface area (Å²) in [6.45, 7) is 5.16. The van der Waals surface area contributed by atoms with Crippen molar-refractivity contribution in [1.82, 2.24) is 9.88 Å². The third kappa shape index (κ3) is 3.27. The summed E-state index contributed by atoms with van der Waals surface area (Å²) in [6.07, 6.45) is 1.82. The average molecular weight is 366 g/mol. The van der Waals surface area contributed by atoms with Crippen molar-refractivity contribution >= 4 is 38.3 Å². The van der Waals surface area contributed by atoms with Crippen LogP contribution in [-0.2, 0) is 0 Å². The average Bonchev–Trinajstić information content (AvgIpc) is 3.00. The van der Waals surface area contributed by atoms with Gasteiger partial charge in [0.1, 0.15) is 0 Å². The second-order valence-electron chi connectivity index (χ2n) is 5.11. The lowest BCUT2D eigenvalue weighted by atomic mass is 10.1. The smallest absolute Gasteiger partial charge is 0.254 e. The number of hydrogen-bond acceptors (Lipinski definition) is 4. The minimum Gasteiger partial charge on any atom is -0.345 e. The lowest BCUT2D eigenvalue weighted by Gasteiger charge is -2.34. The number of piperazine rings is 1. The van der Waals surface area contributed by atoms with Crippen LogP contribution in [0, 0.1) is 6.92 Å². The molecule has 0 atom stereocenters. The van der Waals surface area contributed by atoms with E-state index in [4.69, 9.17) is 0 Å². The van der Waals surface area contributed by atoms with Crippen LogP contribution in [-0.4, -0.2) is 42.0 Å². The van der Waals surface area contributed by atoms with E-state index >= 15 is 0 Å². The molecular formula is C15H16BrN3OS. The molecule has 0 aliphatic carbocycles. The molecule has 0 spiro atoms. The Morgan fingerprint density at radius 1 is 1.24 bits per heavy atom. The maximum absolute atomic E-state index is 12.6. The Morgan fingerprint density at radius 3 is 2.62 bits per heavy atom.